The molecule has 0 heterocycles. The number of benzene rings is 2. The molecule has 116 valence electrons. The lowest BCUT2D eigenvalue weighted by molar-refractivity contribution is -0.138. The van der Waals surface area contributed by atoms with Crippen LogP contribution in [0.4, 0.5) is 0 Å². The van der Waals surface area contributed by atoms with Crippen LogP contribution in [0.1, 0.15) is 19.4 Å². The van der Waals surface area contributed by atoms with Crippen LogP contribution >= 0.6 is 0 Å². The van der Waals surface area contributed by atoms with Crippen LogP contribution < -0.4 is 4.74 Å². The number of rotatable bonds is 7. The molecule has 0 saturated carbocycles. The first-order valence-corrected chi connectivity index (χ1v) is 7.33. The Morgan fingerprint density at radius 1 is 1.09 bits per heavy atom. The van der Waals surface area contributed by atoms with Crippen molar-refractivity contribution in [1.82, 2.24) is 4.90 Å². The van der Waals surface area contributed by atoms with E-state index in [0.717, 1.165) is 17.1 Å². The standard InChI is InChI=1S/C18H21NO3/c1-14(2)19(13-18(20)21)12-15-8-6-7-11-17(15)22-16-9-4-3-5-10-16/h3-11,14H,12-13H2,1-2H3,(H,20,21). The number of para-hydroxylation sites is 2. The minimum absolute atomic E-state index is 0.0112. The minimum Gasteiger partial charge on any atom is -0.480 e. The van der Waals surface area contributed by atoms with Gasteiger partial charge >= 0.3 is 5.97 Å². The van der Waals surface area contributed by atoms with Crippen molar-refractivity contribution >= 4 is 5.97 Å². The average molecular weight is 299 g/mol. The molecule has 0 fully saturated rings. The lowest BCUT2D eigenvalue weighted by atomic mass is 10.1. The van der Waals surface area contributed by atoms with Gasteiger partial charge in [0.1, 0.15) is 11.5 Å². The summed E-state index contributed by atoms with van der Waals surface area (Å²) < 4.78 is 5.92. The van der Waals surface area contributed by atoms with Crippen LogP contribution in [0, 0.1) is 0 Å². The number of hydrogen-bond donors (Lipinski definition) is 1. The zero-order valence-corrected chi connectivity index (χ0v) is 12.9. The Hall–Kier alpha value is -2.33. The molecule has 2 rings (SSSR count). The van der Waals surface area contributed by atoms with Crippen molar-refractivity contribution in [2.24, 2.45) is 0 Å². The first-order valence-electron chi connectivity index (χ1n) is 7.33. The molecule has 0 aromatic heterocycles. The monoisotopic (exact) mass is 299 g/mol. The normalized spacial score (nSPS) is 10.9. The molecule has 0 unspecified atom stereocenters. The van der Waals surface area contributed by atoms with Crippen molar-refractivity contribution in [2.45, 2.75) is 26.4 Å². The third-order valence-corrected chi connectivity index (χ3v) is 3.39. The molecule has 0 atom stereocenters. The second kappa shape index (κ2) is 7.61. The van der Waals surface area contributed by atoms with Crippen molar-refractivity contribution in [1.29, 1.82) is 0 Å². The van der Waals surface area contributed by atoms with Gasteiger partial charge < -0.3 is 9.84 Å². The van der Waals surface area contributed by atoms with Crippen LogP contribution in [0.3, 0.4) is 0 Å². The maximum atomic E-state index is 11.0. The highest BCUT2D eigenvalue weighted by atomic mass is 16.5. The van der Waals surface area contributed by atoms with E-state index in [9.17, 15) is 4.79 Å². The molecule has 2 aromatic carbocycles. The van der Waals surface area contributed by atoms with Gasteiger partial charge in [0.2, 0.25) is 0 Å². The predicted molar refractivity (Wildman–Crippen MR) is 86.1 cm³/mol. The number of nitrogens with zero attached hydrogens (tertiary/aromatic N) is 1. The van der Waals surface area contributed by atoms with E-state index in [4.69, 9.17) is 9.84 Å². The van der Waals surface area contributed by atoms with Gasteiger partial charge in [-0.2, -0.15) is 0 Å². The van der Waals surface area contributed by atoms with Crippen LogP contribution in [0.5, 0.6) is 11.5 Å². The summed E-state index contributed by atoms with van der Waals surface area (Å²) in [6.45, 7) is 4.53. The van der Waals surface area contributed by atoms with Crippen molar-refractivity contribution < 1.29 is 14.6 Å². The highest BCUT2D eigenvalue weighted by Crippen LogP contribution is 2.26. The third kappa shape index (κ3) is 4.60. The molecule has 22 heavy (non-hydrogen) atoms. The zero-order valence-electron chi connectivity index (χ0n) is 12.9. The summed E-state index contributed by atoms with van der Waals surface area (Å²) in [5.74, 6) is 0.698. The van der Waals surface area contributed by atoms with E-state index in [1.165, 1.54) is 0 Å². The predicted octanol–water partition coefficient (Wildman–Crippen LogP) is 3.77. The number of aliphatic carboxylic acids is 1. The summed E-state index contributed by atoms with van der Waals surface area (Å²) in [5.41, 5.74) is 0.973. The summed E-state index contributed by atoms with van der Waals surface area (Å²) in [4.78, 5) is 12.9. The summed E-state index contributed by atoms with van der Waals surface area (Å²) in [6.07, 6.45) is 0. The molecule has 0 amide bonds. The summed E-state index contributed by atoms with van der Waals surface area (Å²) in [7, 11) is 0. The Bertz CT molecular complexity index is 611. The van der Waals surface area contributed by atoms with E-state index in [2.05, 4.69) is 0 Å². The number of carbonyl (C=O) groups is 1. The van der Waals surface area contributed by atoms with Crippen LogP contribution in [-0.2, 0) is 11.3 Å². The third-order valence-electron chi connectivity index (χ3n) is 3.39. The van der Waals surface area contributed by atoms with Gasteiger partial charge in [-0.05, 0) is 32.0 Å². The molecule has 4 nitrogen and oxygen atoms in total. The zero-order chi connectivity index (χ0) is 15.9. The molecule has 0 spiro atoms. The maximum absolute atomic E-state index is 11.0. The molecule has 4 heteroatoms. The van der Waals surface area contributed by atoms with E-state index in [1.807, 2.05) is 73.3 Å². The number of hydrogen-bond acceptors (Lipinski definition) is 3. The fourth-order valence-electron chi connectivity index (χ4n) is 2.16. The van der Waals surface area contributed by atoms with Crippen LogP contribution in [0.2, 0.25) is 0 Å². The molecule has 2 aromatic rings. The topological polar surface area (TPSA) is 49.8 Å². The minimum atomic E-state index is -0.824. The molecule has 0 saturated heterocycles. The van der Waals surface area contributed by atoms with Gasteiger partial charge in [0.05, 0.1) is 6.54 Å². The van der Waals surface area contributed by atoms with Crippen LogP contribution in [0.15, 0.2) is 54.6 Å². The first kappa shape index (κ1) is 16.0. The SMILES string of the molecule is CC(C)N(CC(=O)O)Cc1ccccc1Oc1ccccc1. The fraction of sp³-hybridized carbons (Fsp3) is 0.278. The summed E-state index contributed by atoms with van der Waals surface area (Å²) >= 11 is 0. The molecule has 0 bridgehead atoms. The lowest BCUT2D eigenvalue weighted by Crippen LogP contribution is -2.35. The largest absolute Gasteiger partial charge is 0.480 e. The highest BCUT2D eigenvalue weighted by molar-refractivity contribution is 5.69. The smallest absolute Gasteiger partial charge is 0.317 e. The van der Waals surface area contributed by atoms with Gasteiger partial charge in [0, 0.05) is 18.2 Å². The van der Waals surface area contributed by atoms with Gasteiger partial charge in [-0.3, -0.25) is 9.69 Å². The lowest BCUT2D eigenvalue weighted by Gasteiger charge is -2.25. The molecular weight excluding hydrogens is 278 g/mol. The Labute approximate surface area is 131 Å². The van der Waals surface area contributed by atoms with E-state index >= 15 is 0 Å². The van der Waals surface area contributed by atoms with Gasteiger partial charge in [-0.1, -0.05) is 36.4 Å². The van der Waals surface area contributed by atoms with Crippen molar-refractivity contribution in [3.05, 3.63) is 60.2 Å². The van der Waals surface area contributed by atoms with E-state index in [0.29, 0.717) is 6.54 Å². The van der Waals surface area contributed by atoms with Crippen molar-refractivity contribution in [2.75, 3.05) is 6.54 Å². The number of carboxylic acids is 1. The van der Waals surface area contributed by atoms with Gasteiger partial charge in [0.15, 0.2) is 0 Å². The maximum Gasteiger partial charge on any atom is 0.317 e. The molecular formula is C18H21NO3. The van der Waals surface area contributed by atoms with Crippen LogP contribution in [-0.4, -0.2) is 28.6 Å². The number of carboxylic acid groups (broad SMARTS) is 1. The average Bonchev–Trinajstić information content (AvgIpc) is 2.49. The van der Waals surface area contributed by atoms with Gasteiger partial charge in [-0.25, -0.2) is 0 Å². The first-order chi connectivity index (χ1) is 10.6. The summed E-state index contributed by atoms with van der Waals surface area (Å²) in [6, 6.07) is 17.4. The highest BCUT2D eigenvalue weighted by Gasteiger charge is 2.16. The van der Waals surface area contributed by atoms with E-state index in [1.54, 1.807) is 0 Å². The second-order valence-corrected chi connectivity index (χ2v) is 5.42. The number of ether oxygens (including phenoxy) is 1. The molecule has 0 aliphatic rings. The molecule has 0 aliphatic carbocycles. The Balaban J connectivity index is 2.18. The quantitative estimate of drug-likeness (QED) is 0.845. The summed E-state index contributed by atoms with van der Waals surface area (Å²) in [5, 5.41) is 9.04. The fourth-order valence-corrected chi connectivity index (χ4v) is 2.16. The van der Waals surface area contributed by atoms with Gasteiger partial charge in [-0.15, -0.1) is 0 Å². The molecule has 1 N–H and O–H groups in total. The molecule has 0 aliphatic heterocycles. The van der Waals surface area contributed by atoms with E-state index in [-0.39, 0.29) is 12.6 Å². The van der Waals surface area contributed by atoms with Crippen LogP contribution in [0.25, 0.3) is 0 Å². The van der Waals surface area contributed by atoms with Crippen molar-refractivity contribution in [3.63, 3.8) is 0 Å². The second-order valence-electron chi connectivity index (χ2n) is 5.42. The Morgan fingerprint density at radius 3 is 2.36 bits per heavy atom. The molecule has 0 radical (unpaired) electrons. The van der Waals surface area contributed by atoms with Gasteiger partial charge in [0.25, 0.3) is 0 Å². The van der Waals surface area contributed by atoms with Crippen molar-refractivity contribution in [3.8, 4) is 11.5 Å². The van der Waals surface area contributed by atoms with E-state index < -0.39 is 5.97 Å². The Kier molecular flexibility index (Phi) is 5.55. The Morgan fingerprint density at radius 2 is 1.73 bits per heavy atom.